The number of fused-ring (bicyclic) bond motifs is 1. The Balaban J connectivity index is 1.67. The Morgan fingerprint density at radius 2 is 2.37 bits per heavy atom. The highest BCUT2D eigenvalue weighted by molar-refractivity contribution is 9.10. The van der Waals surface area contributed by atoms with Gasteiger partial charge in [-0.3, -0.25) is 4.40 Å². The first kappa shape index (κ1) is 12.8. The lowest BCUT2D eigenvalue weighted by molar-refractivity contribution is 0.569. The molecule has 3 rings (SSSR count). The minimum absolute atomic E-state index is 0.303. The number of thiazole rings is 1. The van der Waals surface area contributed by atoms with Crippen LogP contribution >= 0.6 is 27.3 Å². The Labute approximate surface area is 124 Å². The maximum atomic E-state index is 4.57. The second-order valence-electron chi connectivity index (χ2n) is 4.48. The Kier molecular flexibility index (Phi) is 3.68. The molecule has 2 heterocycles. The van der Waals surface area contributed by atoms with Gasteiger partial charge in [0.1, 0.15) is 0 Å². The fraction of sp³-hybridized carbons (Fsp3) is 0.214. The summed E-state index contributed by atoms with van der Waals surface area (Å²) in [6, 6.07) is 8.68. The minimum atomic E-state index is 0.303. The first-order valence-corrected chi connectivity index (χ1v) is 7.79. The number of rotatable bonds is 4. The van der Waals surface area contributed by atoms with Crippen LogP contribution in [0.15, 0.2) is 46.5 Å². The van der Waals surface area contributed by atoms with Gasteiger partial charge in [-0.2, -0.15) is 0 Å². The van der Waals surface area contributed by atoms with Crippen molar-refractivity contribution in [1.82, 2.24) is 14.7 Å². The molecule has 2 aromatic heterocycles. The molecule has 1 unspecified atom stereocenters. The quantitative estimate of drug-likeness (QED) is 0.780. The summed E-state index contributed by atoms with van der Waals surface area (Å²) in [4.78, 5) is 5.61. The van der Waals surface area contributed by atoms with E-state index in [0.29, 0.717) is 6.04 Å². The predicted molar refractivity (Wildman–Crippen MR) is 82.5 cm³/mol. The molecule has 0 fully saturated rings. The summed E-state index contributed by atoms with van der Waals surface area (Å²) in [5.41, 5.74) is 2.35. The lowest BCUT2D eigenvalue weighted by atomic mass is 10.1. The lowest BCUT2D eigenvalue weighted by Gasteiger charge is -2.13. The van der Waals surface area contributed by atoms with E-state index < -0.39 is 0 Å². The van der Waals surface area contributed by atoms with Crippen molar-refractivity contribution in [2.45, 2.75) is 19.5 Å². The molecule has 0 bridgehead atoms. The van der Waals surface area contributed by atoms with Gasteiger partial charge < -0.3 is 5.32 Å². The van der Waals surface area contributed by atoms with Crippen molar-refractivity contribution in [2.24, 2.45) is 0 Å². The fourth-order valence-electron chi connectivity index (χ4n) is 2.01. The molecule has 3 aromatic rings. The summed E-state index contributed by atoms with van der Waals surface area (Å²) in [6.45, 7) is 2.95. The molecule has 1 aromatic carbocycles. The molecule has 0 aliphatic carbocycles. The van der Waals surface area contributed by atoms with Gasteiger partial charge in [0, 0.05) is 34.8 Å². The topological polar surface area (TPSA) is 29.3 Å². The largest absolute Gasteiger partial charge is 0.305 e. The molecule has 0 saturated heterocycles. The molecule has 5 heteroatoms. The number of aromatic nitrogens is 2. The molecular formula is C14H14BrN3S. The van der Waals surface area contributed by atoms with Crippen LogP contribution in [0.5, 0.6) is 0 Å². The van der Waals surface area contributed by atoms with Crippen LogP contribution in [0.4, 0.5) is 0 Å². The van der Waals surface area contributed by atoms with E-state index in [4.69, 9.17) is 0 Å². The molecule has 0 aliphatic rings. The van der Waals surface area contributed by atoms with Gasteiger partial charge >= 0.3 is 0 Å². The first-order valence-electron chi connectivity index (χ1n) is 6.12. The Hall–Kier alpha value is -1.17. The van der Waals surface area contributed by atoms with E-state index in [1.54, 1.807) is 11.3 Å². The lowest BCUT2D eigenvalue weighted by Crippen LogP contribution is -2.18. The van der Waals surface area contributed by atoms with Crippen LogP contribution < -0.4 is 5.32 Å². The van der Waals surface area contributed by atoms with Crippen LogP contribution in [0.1, 0.15) is 24.2 Å². The summed E-state index contributed by atoms with van der Waals surface area (Å²) in [5, 5.41) is 5.55. The number of nitrogens with zero attached hydrogens (tertiary/aromatic N) is 2. The number of benzene rings is 1. The van der Waals surface area contributed by atoms with Gasteiger partial charge in [0.25, 0.3) is 0 Å². The van der Waals surface area contributed by atoms with E-state index in [1.807, 2.05) is 17.6 Å². The van der Waals surface area contributed by atoms with Crippen molar-refractivity contribution < 1.29 is 0 Å². The normalized spacial score (nSPS) is 12.9. The van der Waals surface area contributed by atoms with E-state index in [0.717, 1.165) is 21.7 Å². The summed E-state index contributed by atoms with van der Waals surface area (Å²) < 4.78 is 3.17. The second-order valence-corrected chi connectivity index (χ2v) is 6.27. The van der Waals surface area contributed by atoms with Crippen LogP contribution in [-0.2, 0) is 6.54 Å². The van der Waals surface area contributed by atoms with Crippen molar-refractivity contribution in [1.29, 1.82) is 0 Å². The number of hydrogen-bond acceptors (Lipinski definition) is 3. The molecule has 0 spiro atoms. The number of hydrogen-bond donors (Lipinski definition) is 1. The number of imidazole rings is 1. The zero-order valence-corrected chi connectivity index (χ0v) is 12.9. The standard InChI is InChI=1S/C14H14BrN3S/c1-10(11-3-2-4-12(15)7-11)16-8-13-9-18-5-6-19-14(18)17-13/h2-7,9-10,16H,8H2,1H3. The molecule has 98 valence electrons. The maximum Gasteiger partial charge on any atom is 0.193 e. The molecule has 0 radical (unpaired) electrons. The van der Waals surface area contributed by atoms with Crippen molar-refractivity contribution in [3.63, 3.8) is 0 Å². The predicted octanol–water partition coefficient (Wildman–Crippen LogP) is 4.01. The Bertz CT molecular complexity index is 660. The summed E-state index contributed by atoms with van der Waals surface area (Å²) >= 11 is 5.16. The second kappa shape index (κ2) is 5.45. The van der Waals surface area contributed by atoms with Crippen LogP contribution in [-0.4, -0.2) is 9.38 Å². The molecule has 0 saturated carbocycles. The van der Waals surface area contributed by atoms with Crippen molar-refractivity contribution in [3.8, 4) is 0 Å². The van der Waals surface area contributed by atoms with E-state index in [9.17, 15) is 0 Å². The van der Waals surface area contributed by atoms with Crippen LogP contribution in [0.25, 0.3) is 4.96 Å². The summed E-state index contributed by atoms with van der Waals surface area (Å²) in [7, 11) is 0. The van der Waals surface area contributed by atoms with Gasteiger partial charge in [0.15, 0.2) is 4.96 Å². The molecular weight excluding hydrogens is 322 g/mol. The first-order chi connectivity index (χ1) is 9.22. The minimum Gasteiger partial charge on any atom is -0.305 e. The Morgan fingerprint density at radius 3 is 3.16 bits per heavy atom. The van der Waals surface area contributed by atoms with E-state index in [-0.39, 0.29) is 0 Å². The number of halogens is 1. The zero-order chi connectivity index (χ0) is 13.2. The van der Waals surface area contributed by atoms with E-state index in [1.165, 1.54) is 5.56 Å². The van der Waals surface area contributed by atoms with E-state index >= 15 is 0 Å². The third-order valence-corrected chi connectivity index (χ3v) is 4.35. The fourth-order valence-corrected chi connectivity index (χ4v) is 3.15. The summed E-state index contributed by atoms with van der Waals surface area (Å²) in [5.74, 6) is 0. The molecule has 19 heavy (non-hydrogen) atoms. The van der Waals surface area contributed by atoms with Crippen molar-refractivity contribution in [3.05, 3.63) is 57.8 Å². The summed E-state index contributed by atoms with van der Waals surface area (Å²) in [6.07, 6.45) is 4.11. The van der Waals surface area contributed by atoms with Crippen LogP contribution in [0, 0.1) is 0 Å². The van der Waals surface area contributed by atoms with Gasteiger partial charge in [-0.15, -0.1) is 11.3 Å². The third kappa shape index (κ3) is 2.88. The van der Waals surface area contributed by atoms with Crippen LogP contribution in [0.3, 0.4) is 0 Å². The average molecular weight is 336 g/mol. The molecule has 1 N–H and O–H groups in total. The van der Waals surface area contributed by atoms with Crippen LogP contribution in [0.2, 0.25) is 0 Å². The van der Waals surface area contributed by atoms with Gasteiger partial charge in [-0.05, 0) is 24.6 Å². The van der Waals surface area contributed by atoms with Crippen molar-refractivity contribution >= 4 is 32.2 Å². The third-order valence-electron chi connectivity index (χ3n) is 3.08. The van der Waals surface area contributed by atoms with Gasteiger partial charge in [0.2, 0.25) is 0 Å². The monoisotopic (exact) mass is 335 g/mol. The molecule has 1 atom stereocenters. The highest BCUT2D eigenvalue weighted by Crippen LogP contribution is 2.18. The average Bonchev–Trinajstić information content (AvgIpc) is 2.96. The van der Waals surface area contributed by atoms with Gasteiger partial charge in [-0.1, -0.05) is 28.1 Å². The highest BCUT2D eigenvalue weighted by Gasteiger charge is 2.07. The number of nitrogens with one attached hydrogen (secondary N) is 1. The molecule has 3 nitrogen and oxygen atoms in total. The van der Waals surface area contributed by atoms with Gasteiger partial charge in [0.05, 0.1) is 5.69 Å². The molecule has 0 amide bonds. The van der Waals surface area contributed by atoms with Gasteiger partial charge in [-0.25, -0.2) is 4.98 Å². The van der Waals surface area contributed by atoms with Crippen molar-refractivity contribution in [2.75, 3.05) is 0 Å². The highest BCUT2D eigenvalue weighted by atomic mass is 79.9. The Morgan fingerprint density at radius 1 is 1.47 bits per heavy atom. The zero-order valence-electron chi connectivity index (χ0n) is 10.5. The maximum absolute atomic E-state index is 4.57. The molecule has 0 aliphatic heterocycles. The smallest absolute Gasteiger partial charge is 0.193 e. The SMILES string of the molecule is CC(NCc1cn2ccsc2n1)c1cccc(Br)c1. The van der Waals surface area contributed by atoms with E-state index in [2.05, 4.69) is 62.0 Å².